The van der Waals surface area contributed by atoms with Gasteiger partial charge >= 0.3 is 0 Å². The number of pyridine rings is 1. The Morgan fingerprint density at radius 3 is 2.61 bits per heavy atom. The highest BCUT2D eigenvalue weighted by atomic mass is 32.2. The van der Waals surface area contributed by atoms with Crippen LogP contribution in [0, 0.1) is 11.7 Å². The van der Waals surface area contributed by atoms with E-state index in [4.69, 9.17) is 0 Å². The number of nitrogens with zero attached hydrogens (tertiary/aromatic N) is 3. The minimum absolute atomic E-state index is 0.0543. The summed E-state index contributed by atoms with van der Waals surface area (Å²) in [6.45, 7) is 0. The van der Waals surface area contributed by atoms with Gasteiger partial charge < -0.3 is 5.32 Å². The Balaban J connectivity index is 1.64. The number of carbonyl (C=O) groups is 1. The molecule has 1 aromatic carbocycles. The van der Waals surface area contributed by atoms with Crippen LogP contribution in [0.5, 0.6) is 0 Å². The summed E-state index contributed by atoms with van der Waals surface area (Å²) in [6.07, 6.45) is 7.95. The van der Waals surface area contributed by atoms with Gasteiger partial charge in [0.15, 0.2) is 0 Å². The smallest absolute Gasteiger partial charge is 0.228 e. The molecule has 4 rings (SSSR count). The lowest BCUT2D eigenvalue weighted by Crippen LogP contribution is -2.21. The van der Waals surface area contributed by atoms with E-state index in [1.807, 2.05) is 23.6 Å². The molecule has 1 N–H and O–H groups in total. The molecule has 1 saturated carbocycles. The molecule has 146 valence electrons. The standard InChI is InChI=1S/C21H23FN4OS/c1-26-25-19(14-7-9-17(22)10-8-14)20(28(26)2)16-11-12-23-18(13-16)24-21(27)15-5-3-4-6-15/h7-13,15H,3-6H2,1-2H3,(H,23,24,27). The summed E-state index contributed by atoms with van der Waals surface area (Å²) < 4.78 is 15.3. The molecule has 0 saturated heterocycles. The second-order valence-corrected chi connectivity index (χ2v) is 9.02. The molecule has 1 atom stereocenters. The van der Waals surface area contributed by atoms with Gasteiger partial charge in [-0.1, -0.05) is 23.5 Å². The van der Waals surface area contributed by atoms with E-state index in [9.17, 15) is 9.18 Å². The van der Waals surface area contributed by atoms with Gasteiger partial charge in [0.25, 0.3) is 0 Å². The summed E-state index contributed by atoms with van der Waals surface area (Å²) in [5.74, 6) is 0.437. The van der Waals surface area contributed by atoms with Crippen LogP contribution in [0.4, 0.5) is 10.2 Å². The quantitative estimate of drug-likeness (QED) is 0.791. The third-order valence-electron chi connectivity index (χ3n) is 5.26. The lowest BCUT2D eigenvalue weighted by atomic mass is 10.0. The summed E-state index contributed by atoms with van der Waals surface area (Å²) in [5, 5.41) is 7.65. The van der Waals surface area contributed by atoms with Gasteiger partial charge in [-0.3, -0.25) is 4.79 Å². The third kappa shape index (κ3) is 3.71. The zero-order valence-corrected chi connectivity index (χ0v) is 16.8. The Morgan fingerprint density at radius 2 is 1.89 bits per heavy atom. The van der Waals surface area contributed by atoms with Gasteiger partial charge in [0.2, 0.25) is 5.91 Å². The molecule has 2 aromatic rings. The second-order valence-electron chi connectivity index (χ2n) is 7.13. The van der Waals surface area contributed by atoms with Crippen molar-refractivity contribution in [3.05, 3.63) is 59.5 Å². The Hall–Kier alpha value is -2.54. The van der Waals surface area contributed by atoms with Crippen LogP contribution in [0.15, 0.2) is 47.7 Å². The average Bonchev–Trinajstić information content (AvgIpc) is 3.32. The molecule has 1 fully saturated rings. The number of amides is 1. The second kappa shape index (κ2) is 7.83. The summed E-state index contributed by atoms with van der Waals surface area (Å²) in [7, 11) is 1.68. The van der Waals surface area contributed by atoms with E-state index >= 15 is 0 Å². The summed E-state index contributed by atoms with van der Waals surface area (Å²) in [4.78, 5) is 17.9. The predicted molar refractivity (Wildman–Crippen MR) is 113 cm³/mol. The molecule has 28 heavy (non-hydrogen) atoms. The molecule has 0 bridgehead atoms. The van der Waals surface area contributed by atoms with Crippen molar-refractivity contribution < 1.29 is 9.18 Å². The molecule has 1 aromatic heterocycles. The van der Waals surface area contributed by atoms with Gasteiger partial charge in [-0.25, -0.2) is 13.8 Å². The van der Waals surface area contributed by atoms with Gasteiger partial charge in [0.1, 0.15) is 17.3 Å². The normalized spacial score (nSPS) is 19.8. The van der Waals surface area contributed by atoms with Crippen molar-refractivity contribution in [3.8, 4) is 0 Å². The molecule has 0 spiro atoms. The zero-order chi connectivity index (χ0) is 19.7. The minimum Gasteiger partial charge on any atom is -0.310 e. The van der Waals surface area contributed by atoms with Crippen molar-refractivity contribution in [3.63, 3.8) is 0 Å². The van der Waals surface area contributed by atoms with Crippen molar-refractivity contribution in [2.24, 2.45) is 11.0 Å². The molecule has 2 heterocycles. The molecule has 1 unspecified atom stereocenters. The maximum atomic E-state index is 13.3. The van der Waals surface area contributed by atoms with Crippen LogP contribution in [0.2, 0.25) is 0 Å². The zero-order valence-electron chi connectivity index (χ0n) is 16.0. The predicted octanol–water partition coefficient (Wildman–Crippen LogP) is 4.03. The van der Waals surface area contributed by atoms with E-state index in [-0.39, 0.29) is 28.3 Å². The Kier molecular flexibility index (Phi) is 5.26. The number of hydrazone groups is 1. The van der Waals surface area contributed by atoms with Gasteiger partial charge in [-0.05, 0) is 61.1 Å². The number of aromatic nitrogens is 1. The van der Waals surface area contributed by atoms with Gasteiger partial charge in [-0.15, -0.1) is 0 Å². The maximum Gasteiger partial charge on any atom is 0.228 e. The number of halogens is 1. The van der Waals surface area contributed by atoms with Gasteiger partial charge in [0, 0.05) is 24.7 Å². The monoisotopic (exact) mass is 398 g/mol. The molecule has 1 aliphatic carbocycles. The first-order chi connectivity index (χ1) is 13.5. The Morgan fingerprint density at radius 1 is 1.18 bits per heavy atom. The first-order valence-electron chi connectivity index (χ1n) is 9.42. The SMILES string of the molecule is CN1N=C(c2ccc(F)cc2)C(c2ccnc(NC(=O)C3CCCC3)c2)=S1C. The van der Waals surface area contributed by atoms with Crippen LogP contribution < -0.4 is 5.32 Å². The molecule has 1 amide bonds. The van der Waals surface area contributed by atoms with Crippen molar-refractivity contribution >= 4 is 33.0 Å². The van der Waals surface area contributed by atoms with Crippen LogP contribution in [-0.4, -0.2) is 39.2 Å². The van der Waals surface area contributed by atoms with Crippen LogP contribution in [0.25, 0.3) is 0 Å². The van der Waals surface area contributed by atoms with Crippen LogP contribution >= 0.6 is 10.7 Å². The fourth-order valence-corrected chi connectivity index (χ4v) is 5.05. The molecule has 1 aliphatic heterocycles. The number of hydrogen-bond donors (Lipinski definition) is 1. The third-order valence-corrected chi connectivity index (χ3v) is 7.16. The number of carbonyl (C=O) groups excluding carboxylic acids is 1. The van der Waals surface area contributed by atoms with Crippen molar-refractivity contribution in [1.82, 2.24) is 9.40 Å². The number of anilines is 1. The van der Waals surface area contributed by atoms with Crippen molar-refractivity contribution in [1.29, 1.82) is 0 Å². The molecule has 7 heteroatoms. The Bertz CT molecular complexity index is 965. The molecular formula is C21H23FN4OS. The number of nitrogens with one attached hydrogen (secondary N) is 1. The highest BCUT2D eigenvalue weighted by molar-refractivity contribution is 8.15. The van der Waals surface area contributed by atoms with E-state index in [0.717, 1.165) is 47.4 Å². The molecular weight excluding hydrogens is 375 g/mol. The minimum atomic E-state index is -0.270. The lowest BCUT2D eigenvalue weighted by Gasteiger charge is -2.13. The van der Waals surface area contributed by atoms with Crippen molar-refractivity contribution in [2.75, 3.05) is 18.6 Å². The van der Waals surface area contributed by atoms with Gasteiger partial charge in [0.05, 0.1) is 4.86 Å². The number of hydrogen-bond acceptors (Lipinski definition) is 4. The first kappa shape index (κ1) is 18.8. The summed E-state index contributed by atoms with van der Waals surface area (Å²) in [5.41, 5.74) is 2.66. The maximum absolute atomic E-state index is 13.3. The molecule has 0 radical (unpaired) electrons. The largest absolute Gasteiger partial charge is 0.310 e. The van der Waals surface area contributed by atoms with Crippen LogP contribution in [0.1, 0.15) is 36.8 Å². The number of benzene rings is 1. The van der Waals surface area contributed by atoms with Crippen LogP contribution in [-0.2, 0) is 4.79 Å². The highest BCUT2D eigenvalue weighted by Gasteiger charge is 2.25. The first-order valence-corrected chi connectivity index (χ1v) is 11.0. The summed E-state index contributed by atoms with van der Waals surface area (Å²) >= 11 is 0. The van der Waals surface area contributed by atoms with E-state index in [2.05, 4.69) is 21.7 Å². The number of rotatable bonds is 4. The van der Waals surface area contributed by atoms with E-state index in [0.29, 0.717) is 5.82 Å². The topological polar surface area (TPSA) is 57.6 Å². The summed E-state index contributed by atoms with van der Waals surface area (Å²) in [6, 6.07) is 10.2. The van der Waals surface area contributed by atoms with Gasteiger partial charge in [-0.2, -0.15) is 5.10 Å². The van der Waals surface area contributed by atoms with Crippen LogP contribution in [0.3, 0.4) is 0 Å². The molecule has 2 aliphatic rings. The molecule has 5 nitrogen and oxygen atoms in total. The van der Waals surface area contributed by atoms with E-state index < -0.39 is 0 Å². The fraction of sp³-hybridized carbons (Fsp3) is 0.333. The highest BCUT2D eigenvalue weighted by Crippen LogP contribution is 2.30. The fourth-order valence-electron chi connectivity index (χ4n) is 3.68. The average molecular weight is 399 g/mol. The lowest BCUT2D eigenvalue weighted by molar-refractivity contribution is -0.119. The van der Waals surface area contributed by atoms with Crippen molar-refractivity contribution in [2.45, 2.75) is 25.7 Å². The Labute approximate surface area is 166 Å². The van der Waals surface area contributed by atoms with E-state index in [1.165, 1.54) is 12.1 Å². The van der Waals surface area contributed by atoms with E-state index in [1.54, 1.807) is 18.3 Å².